The van der Waals surface area contributed by atoms with E-state index in [1.54, 1.807) is 11.8 Å². The Labute approximate surface area is 98.3 Å². The van der Waals surface area contributed by atoms with Crippen molar-refractivity contribution in [3.63, 3.8) is 0 Å². The van der Waals surface area contributed by atoms with E-state index >= 15 is 0 Å². The lowest BCUT2D eigenvalue weighted by Crippen LogP contribution is -2.34. The Kier molecular flexibility index (Phi) is 1.96. The highest BCUT2D eigenvalue weighted by Gasteiger charge is 2.31. The van der Waals surface area contributed by atoms with Crippen molar-refractivity contribution < 1.29 is 0 Å². The Morgan fingerprint density at radius 2 is 2.06 bits per heavy atom. The molecular formula is C13H13NOS. The molecule has 0 saturated heterocycles. The summed E-state index contributed by atoms with van der Waals surface area (Å²) in [7, 11) is 0. The summed E-state index contributed by atoms with van der Waals surface area (Å²) in [6.45, 7) is 4.24. The minimum Gasteiger partial charge on any atom is -0.296 e. The molecule has 1 aliphatic rings. The minimum atomic E-state index is -0.0683. The number of hydrogen-bond acceptors (Lipinski definition) is 2. The van der Waals surface area contributed by atoms with Gasteiger partial charge < -0.3 is 0 Å². The number of hydrogen-bond donors (Lipinski definition) is 0. The average molecular weight is 231 g/mol. The first-order valence-corrected chi connectivity index (χ1v) is 6.36. The number of thioether (sulfide) groups is 1. The molecule has 0 radical (unpaired) electrons. The summed E-state index contributed by atoms with van der Waals surface area (Å²) < 4.78 is 1.93. The Hall–Kier alpha value is -1.22. The number of pyridine rings is 1. The van der Waals surface area contributed by atoms with Gasteiger partial charge in [0.25, 0.3) is 5.56 Å². The maximum absolute atomic E-state index is 12.4. The second-order valence-electron chi connectivity index (χ2n) is 4.81. The van der Waals surface area contributed by atoms with E-state index in [2.05, 4.69) is 19.9 Å². The molecule has 1 aliphatic heterocycles. The van der Waals surface area contributed by atoms with Crippen LogP contribution in [0.15, 0.2) is 40.2 Å². The van der Waals surface area contributed by atoms with Crippen LogP contribution in [0.3, 0.4) is 0 Å². The Balaban J connectivity index is 2.47. The fourth-order valence-corrected chi connectivity index (χ4v) is 3.53. The monoisotopic (exact) mass is 231 g/mol. The van der Waals surface area contributed by atoms with Gasteiger partial charge in [-0.05, 0) is 31.4 Å². The number of rotatable bonds is 0. The molecule has 1 aromatic carbocycles. The molecule has 0 aliphatic carbocycles. The zero-order chi connectivity index (χ0) is 11.3. The Morgan fingerprint density at radius 3 is 2.88 bits per heavy atom. The third-order valence-electron chi connectivity index (χ3n) is 3.07. The molecule has 0 saturated carbocycles. The topological polar surface area (TPSA) is 22.0 Å². The summed E-state index contributed by atoms with van der Waals surface area (Å²) in [4.78, 5) is 12.4. The molecule has 2 heterocycles. The average Bonchev–Trinajstić information content (AvgIpc) is 2.55. The summed E-state index contributed by atoms with van der Waals surface area (Å²) in [5.74, 6) is 0.971. The molecule has 0 unspecified atom stereocenters. The van der Waals surface area contributed by atoms with Crippen molar-refractivity contribution in [1.29, 1.82) is 0 Å². The van der Waals surface area contributed by atoms with Crippen LogP contribution in [-0.4, -0.2) is 10.3 Å². The van der Waals surface area contributed by atoms with Crippen LogP contribution < -0.4 is 5.56 Å². The smallest absolute Gasteiger partial charge is 0.259 e. The highest BCUT2D eigenvalue weighted by molar-refractivity contribution is 7.99. The van der Waals surface area contributed by atoms with E-state index in [1.165, 1.54) is 0 Å². The lowest BCUT2D eigenvalue weighted by atomic mass is 10.1. The third kappa shape index (κ3) is 1.24. The molecule has 2 nitrogen and oxygen atoms in total. The van der Waals surface area contributed by atoms with Crippen LogP contribution in [0.1, 0.15) is 13.8 Å². The van der Waals surface area contributed by atoms with Crippen molar-refractivity contribution in [1.82, 2.24) is 4.57 Å². The maximum atomic E-state index is 12.4. The van der Waals surface area contributed by atoms with Crippen LogP contribution in [0.2, 0.25) is 0 Å². The molecule has 0 N–H and O–H groups in total. The molecule has 16 heavy (non-hydrogen) atoms. The van der Waals surface area contributed by atoms with Crippen molar-refractivity contribution in [2.45, 2.75) is 24.4 Å². The van der Waals surface area contributed by atoms with Gasteiger partial charge in [0.15, 0.2) is 0 Å². The minimum absolute atomic E-state index is 0.0683. The fraction of sp³-hybridized carbons (Fsp3) is 0.308. The van der Waals surface area contributed by atoms with Gasteiger partial charge in [-0.25, -0.2) is 0 Å². The molecule has 0 fully saturated rings. The molecule has 0 atom stereocenters. The predicted molar refractivity (Wildman–Crippen MR) is 68.3 cm³/mol. The van der Waals surface area contributed by atoms with Gasteiger partial charge >= 0.3 is 0 Å². The summed E-state index contributed by atoms with van der Waals surface area (Å²) in [5.41, 5.74) is 0.0734. The largest absolute Gasteiger partial charge is 0.296 e. The van der Waals surface area contributed by atoms with Crippen molar-refractivity contribution in [3.8, 4) is 0 Å². The number of nitrogens with zero attached hydrogens (tertiary/aromatic N) is 1. The second kappa shape index (κ2) is 3.14. The fourth-order valence-electron chi connectivity index (χ4n) is 2.23. The SMILES string of the molecule is CC1(C)CSc2cc3ccccc3c(=O)n21. The quantitative estimate of drug-likeness (QED) is 0.695. The zero-order valence-corrected chi connectivity index (χ0v) is 10.2. The maximum Gasteiger partial charge on any atom is 0.259 e. The van der Waals surface area contributed by atoms with Gasteiger partial charge in [-0.1, -0.05) is 18.2 Å². The second-order valence-corrected chi connectivity index (χ2v) is 5.81. The first-order chi connectivity index (χ1) is 7.59. The molecule has 0 spiro atoms. The number of benzene rings is 1. The molecule has 3 rings (SSSR count). The van der Waals surface area contributed by atoms with Gasteiger partial charge in [-0.3, -0.25) is 9.36 Å². The van der Waals surface area contributed by atoms with E-state index in [1.807, 2.05) is 28.8 Å². The van der Waals surface area contributed by atoms with E-state index in [4.69, 9.17) is 0 Å². The third-order valence-corrected chi connectivity index (χ3v) is 4.52. The van der Waals surface area contributed by atoms with Crippen LogP contribution in [0, 0.1) is 0 Å². The normalized spacial score (nSPS) is 17.6. The van der Waals surface area contributed by atoms with Crippen molar-refractivity contribution in [2.75, 3.05) is 5.75 Å². The summed E-state index contributed by atoms with van der Waals surface area (Å²) in [6, 6.07) is 9.93. The van der Waals surface area contributed by atoms with Gasteiger partial charge in [0.1, 0.15) is 0 Å². The lowest BCUT2D eigenvalue weighted by molar-refractivity contribution is 0.385. The molecule has 3 heteroatoms. The Bertz CT molecular complexity index is 627. The first-order valence-electron chi connectivity index (χ1n) is 5.38. The van der Waals surface area contributed by atoms with Gasteiger partial charge in [0.2, 0.25) is 0 Å². The Morgan fingerprint density at radius 1 is 1.31 bits per heavy atom. The molecular weight excluding hydrogens is 218 g/mol. The summed E-state index contributed by atoms with van der Waals surface area (Å²) in [5, 5.41) is 2.96. The van der Waals surface area contributed by atoms with E-state index in [0.717, 1.165) is 21.6 Å². The molecule has 82 valence electrons. The summed E-state index contributed by atoms with van der Waals surface area (Å²) >= 11 is 1.77. The van der Waals surface area contributed by atoms with Crippen molar-refractivity contribution in [3.05, 3.63) is 40.7 Å². The highest BCUT2D eigenvalue weighted by Crippen LogP contribution is 2.36. The van der Waals surface area contributed by atoms with Crippen LogP contribution in [0.25, 0.3) is 10.8 Å². The summed E-state index contributed by atoms with van der Waals surface area (Å²) in [6.07, 6.45) is 0. The van der Waals surface area contributed by atoms with Crippen LogP contribution in [-0.2, 0) is 5.54 Å². The van der Waals surface area contributed by atoms with Crippen LogP contribution >= 0.6 is 11.8 Å². The van der Waals surface area contributed by atoms with Crippen molar-refractivity contribution in [2.24, 2.45) is 0 Å². The van der Waals surface area contributed by atoms with E-state index < -0.39 is 0 Å². The lowest BCUT2D eigenvalue weighted by Gasteiger charge is -2.20. The van der Waals surface area contributed by atoms with Gasteiger partial charge in [0, 0.05) is 11.1 Å². The number of fused-ring (bicyclic) bond motifs is 2. The van der Waals surface area contributed by atoms with Gasteiger partial charge in [-0.15, -0.1) is 11.8 Å². The predicted octanol–water partition coefficient (Wildman–Crippen LogP) is 2.84. The van der Waals surface area contributed by atoms with E-state index in [-0.39, 0.29) is 11.1 Å². The standard InChI is InChI=1S/C13H13NOS/c1-13(2)8-16-11-7-9-5-3-4-6-10(9)12(15)14(11)13/h3-7H,8H2,1-2H3. The molecule has 0 bridgehead atoms. The van der Waals surface area contributed by atoms with Crippen LogP contribution in [0.5, 0.6) is 0 Å². The van der Waals surface area contributed by atoms with E-state index in [9.17, 15) is 4.79 Å². The number of aromatic nitrogens is 1. The van der Waals surface area contributed by atoms with Crippen LogP contribution in [0.4, 0.5) is 0 Å². The first kappa shape index (κ1) is 9.97. The van der Waals surface area contributed by atoms with Gasteiger partial charge in [-0.2, -0.15) is 0 Å². The zero-order valence-electron chi connectivity index (χ0n) is 9.36. The van der Waals surface area contributed by atoms with Crippen molar-refractivity contribution >= 4 is 22.5 Å². The van der Waals surface area contributed by atoms with Gasteiger partial charge in [0.05, 0.1) is 10.6 Å². The molecule has 2 aromatic rings. The molecule has 1 aromatic heterocycles. The molecule has 0 amide bonds. The van der Waals surface area contributed by atoms with E-state index in [0.29, 0.717) is 0 Å². The highest BCUT2D eigenvalue weighted by atomic mass is 32.2.